The molecule has 0 spiro atoms. The fourth-order valence-electron chi connectivity index (χ4n) is 7.25. The molecule has 0 aromatic rings. The summed E-state index contributed by atoms with van der Waals surface area (Å²) in [5.41, 5.74) is 1.26. The van der Waals surface area contributed by atoms with E-state index < -0.39 is 18.6 Å². The molecule has 25 heavy (non-hydrogen) atoms. The maximum atomic E-state index is 12.3. The van der Waals surface area contributed by atoms with E-state index in [-0.39, 0.29) is 22.4 Å². The Morgan fingerprint density at radius 2 is 1.96 bits per heavy atom. The number of ketones is 2. The Labute approximate surface area is 149 Å². The molecular formula is C21H30O4. The second kappa shape index (κ2) is 5.75. The number of carbonyl (C=O) groups is 2. The lowest BCUT2D eigenvalue weighted by molar-refractivity contribution is -0.136. The molecule has 3 fully saturated rings. The molecule has 4 aliphatic rings. The van der Waals surface area contributed by atoms with Crippen LogP contribution in [0.3, 0.4) is 0 Å². The van der Waals surface area contributed by atoms with E-state index in [1.807, 2.05) is 6.08 Å². The summed E-state index contributed by atoms with van der Waals surface area (Å²) >= 11 is 0. The molecule has 0 saturated heterocycles. The first kappa shape index (κ1) is 17.4. The minimum atomic E-state index is -0.619. The van der Waals surface area contributed by atoms with Crippen molar-refractivity contribution in [3.8, 4) is 0 Å². The molecule has 0 aromatic carbocycles. The Kier molecular flexibility index (Phi) is 4.01. The van der Waals surface area contributed by atoms with Gasteiger partial charge in [0.15, 0.2) is 11.6 Å². The van der Waals surface area contributed by atoms with Gasteiger partial charge in [0.1, 0.15) is 6.61 Å². The molecule has 0 aromatic heterocycles. The van der Waals surface area contributed by atoms with Crippen LogP contribution in [0.4, 0.5) is 0 Å². The van der Waals surface area contributed by atoms with E-state index in [1.165, 1.54) is 5.57 Å². The van der Waals surface area contributed by atoms with E-state index in [9.17, 15) is 19.8 Å². The third-order valence-corrected chi connectivity index (χ3v) is 8.49. The molecule has 4 nitrogen and oxygen atoms in total. The largest absolute Gasteiger partial charge is 0.392 e. The number of hydrogen-bond donors (Lipinski definition) is 2. The number of aliphatic hydroxyl groups is 2. The summed E-state index contributed by atoms with van der Waals surface area (Å²) in [4.78, 5) is 24.2. The van der Waals surface area contributed by atoms with E-state index >= 15 is 0 Å². The van der Waals surface area contributed by atoms with Crippen molar-refractivity contribution >= 4 is 11.6 Å². The van der Waals surface area contributed by atoms with Crippen molar-refractivity contribution in [1.82, 2.24) is 0 Å². The van der Waals surface area contributed by atoms with Gasteiger partial charge >= 0.3 is 0 Å². The van der Waals surface area contributed by atoms with Crippen molar-refractivity contribution in [2.24, 2.45) is 34.5 Å². The fraction of sp³-hybridized carbons (Fsp3) is 0.810. The molecule has 4 rings (SSSR count). The number of aliphatic hydroxyl groups excluding tert-OH is 2. The van der Waals surface area contributed by atoms with Crippen molar-refractivity contribution in [2.75, 3.05) is 6.61 Å². The fourth-order valence-corrected chi connectivity index (χ4v) is 7.25. The minimum absolute atomic E-state index is 0.113. The smallest absolute Gasteiger partial charge is 0.164 e. The highest BCUT2D eigenvalue weighted by atomic mass is 16.3. The lowest BCUT2D eigenvalue weighted by atomic mass is 9.46. The van der Waals surface area contributed by atoms with Gasteiger partial charge in [0.05, 0.1) is 12.0 Å². The highest BCUT2D eigenvalue weighted by Crippen LogP contribution is 2.66. The zero-order chi connectivity index (χ0) is 18.0. The number of carbonyl (C=O) groups excluding carboxylic acids is 2. The van der Waals surface area contributed by atoms with E-state index in [0.717, 1.165) is 32.1 Å². The monoisotopic (exact) mass is 346 g/mol. The van der Waals surface area contributed by atoms with Crippen LogP contribution in [0, 0.1) is 34.5 Å². The van der Waals surface area contributed by atoms with Crippen LogP contribution in [0.15, 0.2) is 11.6 Å². The molecule has 3 saturated carbocycles. The van der Waals surface area contributed by atoms with Gasteiger partial charge in [-0.3, -0.25) is 9.59 Å². The Bertz CT molecular complexity index is 638. The number of fused-ring (bicyclic) bond motifs is 5. The van der Waals surface area contributed by atoms with Crippen molar-refractivity contribution in [2.45, 2.75) is 64.9 Å². The molecule has 138 valence electrons. The molecule has 2 N–H and O–H groups in total. The molecular weight excluding hydrogens is 316 g/mol. The van der Waals surface area contributed by atoms with E-state index in [4.69, 9.17) is 0 Å². The van der Waals surface area contributed by atoms with Crippen molar-refractivity contribution in [3.05, 3.63) is 11.6 Å². The van der Waals surface area contributed by atoms with E-state index in [2.05, 4.69) is 13.8 Å². The van der Waals surface area contributed by atoms with Crippen LogP contribution >= 0.6 is 0 Å². The number of rotatable bonds is 2. The SMILES string of the molecule is C[C@]12CC[C@H]3[C@@H](CCC4=CC(=O)CC[C@@]43C)[C@@H]1C[C@@H](O)[C@@H]2C(=O)CO. The third-order valence-electron chi connectivity index (χ3n) is 8.49. The summed E-state index contributed by atoms with van der Waals surface area (Å²) < 4.78 is 0. The maximum absolute atomic E-state index is 12.3. The van der Waals surface area contributed by atoms with Crippen LogP contribution in [0.5, 0.6) is 0 Å². The Morgan fingerprint density at radius 1 is 1.20 bits per heavy atom. The van der Waals surface area contributed by atoms with E-state index in [0.29, 0.717) is 30.6 Å². The van der Waals surface area contributed by atoms with Gasteiger partial charge in [-0.1, -0.05) is 19.4 Å². The predicted molar refractivity (Wildman–Crippen MR) is 93.7 cm³/mol. The molecule has 0 radical (unpaired) electrons. The Hall–Kier alpha value is -1.00. The summed E-state index contributed by atoms with van der Waals surface area (Å²) in [6.07, 6.45) is 7.61. The first-order chi connectivity index (χ1) is 11.8. The normalized spacial score (nSPS) is 49.0. The van der Waals surface area contributed by atoms with Gasteiger partial charge in [0.25, 0.3) is 0 Å². The first-order valence-corrected chi connectivity index (χ1v) is 9.87. The van der Waals surface area contributed by atoms with Gasteiger partial charge in [-0.15, -0.1) is 0 Å². The van der Waals surface area contributed by atoms with Crippen LogP contribution in [-0.4, -0.2) is 34.5 Å². The lowest BCUT2D eigenvalue weighted by Crippen LogP contribution is -2.51. The first-order valence-electron chi connectivity index (χ1n) is 9.87. The second-order valence-electron chi connectivity index (χ2n) is 9.42. The summed E-state index contributed by atoms with van der Waals surface area (Å²) in [6.45, 7) is 4.04. The van der Waals surface area contributed by atoms with Gasteiger partial charge in [0.2, 0.25) is 0 Å². The molecule has 0 bridgehead atoms. The predicted octanol–water partition coefficient (Wildman–Crippen LogP) is 2.67. The van der Waals surface area contributed by atoms with Gasteiger partial charge in [-0.2, -0.15) is 0 Å². The molecule has 4 heteroatoms. The summed E-state index contributed by atoms with van der Waals surface area (Å²) in [6, 6.07) is 0. The minimum Gasteiger partial charge on any atom is -0.392 e. The van der Waals surface area contributed by atoms with E-state index in [1.54, 1.807) is 0 Å². The Balaban J connectivity index is 1.67. The van der Waals surface area contributed by atoms with Crippen molar-refractivity contribution < 1.29 is 19.8 Å². The lowest BCUT2D eigenvalue weighted by Gasteiger charge is -2.57. The van der Waals surface area contributed by atoms with Gasteiger partial charge in [-0.25, -0.2) is 0 Å². The summed E-state index contributed by atoms with van der Waals surface area (Å²) in [7, 11) is 0. The standard InChI is InChI=1S/C21H30O4/c1-20-7-5-13(23)9-12(20)3-4-14-15(20)6-8-21(2)16(14)10-17(24)19(21)18(25)11-22/h9,14-17,19,22,24H,3-8,10-11H2,1-2H3/t14-,15+,16+,17-,19-,20+,21+/m1/s1. The molecule has 0 heterocycles. The van der Waals surface area contributed by atoms with Crippen LogP contribution in [0.25, 0.3) is 0 Å². The quantitative estimate of drug-likeness (QED) is 0.806. The maximum Gasteiger partial charge on any atom is 0.164 e. The van der Waals surface area contributed by atoms with Crippen molar-refractivity contribution in [3.63, 3.8) is 0 Å². The zero-order valence-electron chi connectivity index (χ0n) is 15.3. The summed E-state index contributed by atoms with van der Waals surface area (Å²) in [5, 5.41) is 20.0. The van der Waals surface area contributed by atoms with Gasteiger partial charge in [0, 0.05) is 6.42 Å². The number of Topliss-reactive ketones (excluding diaryl/α,β-unsaturated/α-hetero) is 1. The molecule has 0 amide bonds. The van der Waals surface area contributed by atoms with Crippen LogP contribution < -0.4 is 0 Å². The molecule has 0 aliphatic heterocycles. The van der Waals surface area contributed by atoms with Gasteiger partial charge in [-0.05, 0) is 73.2 Å². The van der Waals surface area contributed by atoms with Crippen LogP contribution in [-0.2, 0) is 9.59 Å². The van der Waals surface area contributed by atoms with Crippen molar-refractivity contribution in [1.29, 1.82) is 0 Å². The van der Waals surface area contributed by atoms with Crippen LogP contribution in [0.2, 0.25) is 0 Å². The highest BCUT2D eigenvalue weighted by Gasteiger charge is 2.62. The highest BCUT2D eigenvalue weighted by molar-refractivity contribution is 5.91. The van der Waals surface area contributed by atoms with Gasteiger partial charge < -0.3 is 10.2 Å². The Morgan fingerprint density at radius 3 is 2.68 bits per heavy atom. The summed E-state index contributed by atoms with van der Waals surface area (Å²) in [5.74, 6) is 1.08. The second-order valence-corrected chi connectivity index (χ2v) is 9.42. The topological polar surface area (TPSA) is 74.6 Å². The average Bonchev–Trinajstić information content (AvgIpc) is 2.85. The third kappa shape index (κ3) is 2.33. The average molecular weight is 346 g/mol. The molecule has 4 aliphatic carbocycles. The van der Waals surface area contributed by atoms with Crippen LogP contribution in [0.1, 0.15) is 58.8 Å². The molecule has 7 atom stereocenters. The zero-order valence-corrected chi connectivity index (χ0v) is 15.3. The number of allylic oxidation sites excluding steroid dienone is 1. The number of hydrogen-bond acceptors (Lipinski definition) is 4. The molecule has 0 unspecified atom stereocenters.